The smallest absolute Gasteiger partial charge is 0.418 e. The number of hydrogen-bond donors (Lipinski definition) is 1. The maximum atomic E-state index is 6.09. The van der Waals surface area contributed by atoms with E-state index < -0.39 is 0 Å². The van der Waals surface area contributed by atoms with Crippen molar-refractivity contribution in [2.45, 2.75) is 64.9 Å². The molecule has 3 rings (SSSR count). The normalized spacial score (nSPS) is 31.2. The highest BCUT2D eigenvalue weighted by atomic mass is 32.2. The van der Waals surface area contributed by atoms with E-state index >= 15 is 0 Å². The number of aliphatic imine (C=N–C) groups is 1. The van der Waals surface area contributed by atoms with E-state index in [0.717, 1.165) is 53.4 Å². The Bertz CT molecular complexity index is 629. The Morgan fingerprint density at radius 2 is 2.33 bits per heavy atom. The van der Waals surface area contributed by atoms with Gasteiger partial charge in [0.15, 0.2) is 0 Å². The second kappa shape index (κ2) is 8.09. The molecule has 3 aliphatic rings. The molecule has 0 aromatic heterocycles. The minimum atomic E-state index is 0.254. The van der Waals surface area contributed by atoms with E-state index in [0.29, 0.717) is 0 Å². The van der Waals surface area contributed by atoms with Crippen LogP contribution in [0.15, 0.2) is 28.4 Å². The molecule has 4 nitrogen and oxygen atoms in total. The van der Waals surface area contributed by atoms with Gasteiger partial charge in [0.05, 0.1) is 17.4 Å². The summed E-state index contributed by atoms with van der Waals surface area (Å²) >= 11 is 1.61. The van der Waals surface area contributed by atoms with Gasteiger partial charge in [0.1, 0.15) is 11.8 Å². The van der Waals surface area contributed by atoms with Crippen LogP contribution in [0.4, 0.5) is 0 Å². The number of nitrogens with two attached hydrogens (primary N) is 1. The minimum absolute atomic E-state index is 0.254. The number of thioether (sulfide) groups is 1. The zero-order chi connectivity index (χ0) is 16.9. The first-order chi connectivity index (χ1) is 11.7. The third kappa shape index (κ3) is 4.78. The maximum absolute atomic E-state index is 6.09. The Hall–Kier alpha value is -1.45. The van der Waals surface area contributed by atoms with Crippen molar-refractivity contribution in [1.29, 1.82) is 0 Å². The summed E-state index contributed by atoms with van der Waals surface area (Å²) in [5, 5.41) is 1.95. The van der Waals surface area contributed by atoms with Crippen molar-refractivity contribution in [3.63, 3.8) is 0 Å². The standard InChI is InChI=1S/C19H27N3OS/c1-3-5-13-9-14(13)10-19-22-18(12-17(20)24-19)21-15-6-7-16(11-15)23-8-4-2/h4,8,12-14,16,20H,3,5-7,9-11H2,1-2H3/p+1/b8-4+,21-15?. The van der Waals surface area contributed by atoms with Gasteiger partial charge in [-0.05, 0) is 48.4 Å². The molecule has 0 saturated heterocycles. The zero-order valence-electron chi connectivity index (χ0n) is 14.7. The van der Waals surface area contributed by atoms with Crippen LogP contribution in [-0.2, 0) is 4.74 Å². The van der Waals surface area contributed by atoms with E-state index in [1.807, 2.05) is 19.1 Å². The van der Waals surface area contributed by atoms with Gasteiger partial charge < -0.3 is 10.5 Å². The quantitative estimate of drug-likeness (QED) is 0.588. The molecule has 0 bridgehead atoms. The highest BCUT2D eigenvalue weighted by Gasteiger charge is 2.38. The number of allylic oxidation sites excluding steroid dienone is 1. The average molecular weight is 347 g/mol. The molecule has 0 aromatic rings. The first-order valence-electron chi connectivity index (χ1n) is 9.10. The number of rotatable bonds is 6. The third-order valence-electron chi connectivity index (χ3n) is 4.81. The molecule has 3 unspecified atom stereocenters. The SMILES string of the molecule is C/C=C/OC1CCC(=NC2=[N+]=C(CC3CC3CCC)SC(N)=C2)C1. The van der Waals surface area contributed by atoms with E-state index in [4.69, 9.17) is 20.1 Å². The molecular formula is C19H28N3OS+. The lowest BCUT2D eigenvalue weighted by atomic mass is 10.2. The van der Waals surface area contributed by atoms with Crippen LogP contribution in [0, 0.1) is 11.8 Å². The van der Waals surface area contributed by atoms with Crippen LogP contribution in [0.3, 0.4) is 0 Å². The molecule has 2 aliphatic carbocycles. The largest absolute Gasteiger partial charge is 0.498 e. The fraction of sp³-hybridized carbons (Fsp3) is 0.632. The molecule has 2 fully saturated rings. The lowest BCUT2D eigenvalue weighted by Crippen LogP contribution is -2.15. The first-order valence-corrected chi connectivity index (χ1v) is 9.92. The molecule has 1 aliphatic heterocycles. The predicted molar refractivity (Wildman–Crippen MR) is 104 cm³/mol. The molecule has 0 spiro atoms. The highest BCUT2D eigenvalue weighted by molar-refractivity contribution is 8.17. The fourth-order valence-electron chi connectivity index (χ4n) is 3.49. The Morgan fingerprint density at radius 3 is 3.12 bits per heavy atom. The zero-order valence-corrected chi connectivity index (χ0v) is 15.5. The molecule has 0 aromatic carbocycles. The second-order valence-corrected chi connectivity index (χ2v) is 8.06. The number of amidine groups is 1. The van der Waals surface area contributed by atoms with Gasteiger partial charge in [-0.15, -0.1) is 0 Å². The van der Waals surface area contributed by atoms with Crippen molar-refractivity contribution in [3.05, 3.63) is 23.4 Å². The summed E-state index contributed by atoms with van der Waals surface area (Å²) in [4.78, 5) is 4.75. The topological polar surface area (TPSA) is 61.7 Å². The summed E-state index contributed by atoms with van der Waals surface area (Å²) < 4.78 is 10.4. The van der Waals surface area contributed by atoms with Crippen molar-refractivity contribution in [1.82, 2.24) is 4.67 Å². The Kier molecular flexibility index (Phi) is 5.85. The summed E-state index contributed by atoms with van der Waals surface area (Å²) in [6, 6.07) is 0. The molecule has 24 heavy (non-hydrogen) atoms. The van der Waals surface area contributed by atoms with E-state index in [2.05, 4.69) is 6.92 Å². The van der Waals surface area contributed by atoms with Crippen molar-refractivity contribution in [2.24, 2.45) is 22.6 Å². The van der Waals surface area contributed by atoms with Gasteiger partial charge in [-0.1, -0.05) is 25.8 Å². The van der Waals surface area contributed by atoms with Crippen LogP contribution in [0.25, 0.3) is 0 Å². The molecule has 2 N–H and O–H groups in total. The van der Waals surface area contributed by atoms with Crippen LogP contribution in [0.2, 0.25) is 0 Å². The van der Waals surface area contributed by atoms with Gasteiger partial charge in [0.25, 0.3) is 0 Å². The summed E-state index contributed by atoms with van der Waals surface area (Å²) in [7, 11) is 0. The summed E-state index contributed by atoms with van der Waals surface area (Å²) in [5.74, 6) is 2.48. The predicted octanol–water partition coefficient (Wildman–Crippen LogP) is 3.77. The Morgan fingerprint density at radius 1 is 1.46 bits per heavy atom. The van der Waals surface area contributed by atoms with Gasteiger partial charge in [-0.3, -0.25) is 0 Å². The lowest BCUT2D eigenvalue weighted by Gasteiger charge is -2.05. The lowest BCUT2D eigenvalue weighted by molar-refractivity contribution is 0.155. The molecule has 0 radical (unpaired) electrons. The van der Waals surface area contributed by atoms with Crippen molar-refractivity contribution in [2.75, 3.05) is 0 Å². The molecule has 3 atom stereocenters. The van der Waals surface area contributed by atoms with Crippen molar-refractivity contribution >= 4 is 28.4 Å². The van der Waals surface area contributed by atoms with Gasteiger partial charge in [0, 0.05) is 19.3 Å². The van der Waals surface area contributed by atoms with Gasteiger partial charge >= 0.3 is 5.84 Å². The summed E-state index contributed by atoms with van der Waals surface area (Å²) in [5.41, 5.74) is 7.27. The number of nitrogens with zero attached hydrogens (tertiary/aromatic N) is 2. The van der Waals surface area contributed by atoms with Crippen LogP contribution in [-0.4, -0.2) is 22.7 Å². The number of ether oxygens (including phenoxy) is 1. The van der Waals surface area contributed by atoms with E-state index in [1.54, 1.807) is 18.0 Å². The molecule has 1 heterocycles. The average Bonchev–Trinajstić information content (AvgIpc) is 3.10. The Balaban J connectivity index is 1.64. The first kappa shape index (κ1) is 17.4. The van der Waals surface area contributed by atoms with Crippen LogP contribution < -0.4 is 10.4 Å². The minimum Gasteiger partial charge on any atom is -0.498 e. The van der Waals surface area contributed by atoms with Gasteiger partial charge in [-0.25, -0.2) is 0 Å². The monoisotopic (exact) mass is 346 g/mol. The van der Waals surface area contributed by atoms with Gasteiger partial charge in [0.2, 0.25) is 5.04 Å². The van der Waals surface area contributed by atoms with Crippen LogP contribution in [0.5, 0.6) is 0 Å². The molecule has 130 valence electrons. The van der Waals surface area contributed by atoms with E-state index in [9.17, 15) is 0 Å². The Labute approximate surface area is 149 Å². The number of hydrogen-bond acceptors (Lipinski definition) is 4. The third-order valence-corrected chi connectivity index (χ3v) is 5.66. The van der Waals surface area contributed by atoms with Crippen molar-refractivity contribution in [3.8, 4) is 0 Å². The van der Waals surface area contributed by atoms with Crippen molar-refractivity contribution < 1.29 is 4.74 Å². The maximum Gasteiger partial charge on any atom is 0.418 e. The van der Waals surface area contributed by atoms with Crippen LogP contribution in [0.1, 0.15) is 58.8 Å². The molecule has 5 heteroatoms. The van der Waals surface area contributed by atoms with E-state index in [1.165, 1.54) is 25.0 Å². The fourth-order valence-corrected chi connectivity index (χ4v) is 4.37. The second-order valence-electron chi connectivity index (χ2n) is 6.91. The highest BCUT2D eigenvalue weighted by Crippen LogP contribution is 2.45. The van der Waals surface area contributed by atoms with Gasteiger partial charge in [-0.2, -0.15) is 4.67 Å². The molecular weight excluding hydrogens is 318 g/mol. The van der Waals surface area contributed by atoms with E-state index in [-0.39, 0.29) is 6.10 Å². The van der Waals surface area contributed by atoms with Crippen LogP contribution >= 0.6 is 11.8 Å². The summed E-state index contributed by atoms with van der Waals surface area (Å²) in [6.07, 6.45) is 13.8. The summed E-state index contributed by atoms with van der Waals surface area (Å²) in [6.45, 7) is 4.23. The molecule has 2 saturated carbocycles. The molecule has 0 amide bonds.